The van der Waals surface area contributed by atoms with E-state index in [1.54, 1.807) is 24.3 Å². The lowest BCUT2D eigenvalue weighted by molar-refractivity contribution is -0.143. The summed E-state index contributed by atoms with van der Waals surface area (Å²) in [6.07, 6.45) is -5.24. The van der Waals surface area contributed by atoms with Crippen LogP contribution in [0.5, 0.6) is 0 Å². The molecular formula is C13H13F3N2O. The summed E-state index contributed by atoms with van der Waals surface area (Å²) < 4.78 is 36.1. The minimum absolute atomic E-state index is 0.0278. The molecule has 0 aliphatic rings. The van der Waals surface area contributed by atoms with Gasteiger partial charge in [-0.25, -0.2) is 0 Å². The molecule has 6 heteroatoms. The molecule has 19 heavy (non-hydrogen) atoms. The maximum Gasteiger partial charge on any atom is 0.390 e. The van der Waals surface area contributed by atoms with Crippen LogP contribution in [-0.4, -0.2) is 30.6 Å². The first-order valence-electron chi connectivity index (χ1n) is 5.61. The van der Waals surface area contributed by atoms with Crippen LogP contribution in [0.2, 0.25) is 0 Å². The lowest BCUT2D eigenvalue weighted by Crippen LogP contribution is -2.31. The van der Waals surface area contributed by atoms with Crippen LogP contribution in [0.3, 0.4) is 0 Å². The molecule has 0 aliphatic heterocycles. The van der Waals surface area contributed by atoms with E-state index in [4.69, 9.17) is 5.26 Å². The van der Waals surface area contributed by atoms with Crippen LogP contribution in [0.25, 0.3) is 0 Å². The first-order chi connectivity index (χ1) is 8.81. The Kier molecular flexibility index (Phi) is 4.93. The molecule has 0 atom stereocenters. The van der Waals surface area contributed by atoms with Crippen molar-refractivity contribution in [3.8, 4) is 6.07 Å². The zero-order valence-corrected chi connectivity index (χ0v) is 10.4. The van der Waals surface area contributed by atoms with E-state index in [1.807, 2.05) is 6.07 Å². The van der Waals surface area contributed by atoms with Gasteiger partial charge in [-0.2, -0.15) is 18.4 Å². The summed E-state index contributed by atoms with van der Waals surface area (Å²) in [7, 11) is 1.34. The lowest BCUT2D eigenvalue weighted by atomic mass is 10.1. The summed E-state index contributed by atoms with van der Waals surface area (Å²) >= 11 is 0. The van der Waals surface area contributed by atoms with Gasteiger partial charge in [-0.3, -0.25) is 4.79 Å². The Bertz CT molecular complexity index is 474. The topological polar surface area (TPSA) is 44.1 Å². The average molecular weight is 270 g/mol. The first kappa shape index (κ1) is 15.0. The fourth-order valence-corrected chi connectivity index (χ4v) is 1.43. The summed E-state index contributed by atoms with van der Waals surface area (Å²) in [5, 5.41) is 8.61. The van der Waals surface area contributed by atoms with E-state index in [9.17, 15) is 18.0 Å². The van der Waals surface area contributed by atoms with Gasteiger partial charge in [-0.05, 0) is 17.7 Å². The predicted molar refractivity (Wildman–Crippen MR) is 63.2 cm³/mol. The maximum absolute atomic E-state index is 12.0. The summed E-state index contributed by atoms with van der Waals surface area (Å²) in [6.45, 7) is -0.349. The Morgan fingerprint density at radius 2 is 1.89 bits per heavy atom. The van der Waals surface area contributed by atoms with E-state index in [2.05, 4.69) is 0 Å². The minimum Gasteiger partial charge on any atom is -0.345 e. The largest absolute Gasteiger partial charge is 0.390 e. The quantitative estimate of drug-likeness (QED) is 0.843. The zero-order chi connectivity index (χ0) is 14.5. The standard InChI is InChI=1S/C13H13F3N2O/c1-18(7-6-13(14,15)16)12(19)8-10-2-4-11(9-17)5-3-10/h2-5H,6-8H2,1H3. The van der Waals surface area contributed by atoms with Crippen molar-refractivity contribution in [1.29, 1.82) is 5.26 Å². The Morgan fingerprint density at radius 1 is 1.32 bits per heavy atom. The van der Waals surface area contributed by atoms with Gasteiger partial charge in [0.2, 0.25) is 5.91 Å². The van der Waals surface area contributed by atoms with Crippen molar-refractivity contribution < 1.29 is 18.0 Å². The Morgan fingerprint density at radius 3 is 2.37 bits per heavy atom. The summed E-state index contributed by atoms with van der Waals surface area (Å²) in [6, 6.07) is 8.32. The van der Waals surface area contributed by atoms with E-state index in [-0.39, 0.29) is 18.9 Å². The number of alkyl halides is 3. The molecule has 0 aliphatic carbocycles. The maximum atomic E-state index is 12.0. The summed E-state index contributed by atoms with van der Waals surface area (Å²) in [5.41, 5.74) is 1.14. The molecule has 1 aromatic carbocycles. The number of amides is 1. The fourth-order valence-electron chi connectivity index (χ4n) is 1.43. The van der Waals surface area contributed by atoms with Crippen LogP contribution < -0.4 is 0 Å². The number of benzene rings is 1. The number of rotatable bonds is 4. The monoisotopic (exact) mass is 270 g/mol. The van der Waals surface area contributed by atoms with Gasteiger partial charge in [0.25, 0.3) is 0 Å². The van der Waals surface area contributed by atoms with E-state index >= 15 is 0 Å². The van der Waals surface area contributed by atoms with Gasteiger partial charge in [0.05, 0.1) is 24.5 Å². The van der Waals surface area contributed by atoms with Crippen LogP contribution in [0.15, 0.2) is 24.3 Å². The SMILES string of the molecule is CN(CCC(F)(F)F)C(=O)Cc1ccc(C#N)cc1. The number of carbonyl (C=O) groups excluding carboxylic acids is 1. The number of hydrogen-bond donors (Lipinski definition) is 0. The third kappa shape index (κ3) is 5.42. The first-order valence-corrected chi connectivity index (χ1v) is 5.61. The zero-order valence-electron chi connectivity index (χ0n) is 10.4. The van der Waals surface area contributed by atoms with Crippen LogP contribution in [0.4, 0.5) is 13.2 Å². The Labute approximate surface area is 109 Å². The van der Waals surface area contributed by atoms with Crippen LogP contribution in [0, 0.1) is 11.3 Å². The number of nitrogens with zero attached hydrogens (tertiary/aromatic N) is 2. The average Bonchev–Trinajstić information content (AvgIpc) is 2.36. The summed E-state index contributed by atoms with van der Waals surface area (Å²) in [4.78, 5) is 12.7. The molecule has 0 N–H and O–H groups in total. The van der Waals surface area contributed by atoms with Crippen LogP contribution in [0.1, 0.15) is 17.5 Å². The number of carbonyl (C=O) groups is 1. The fraction of sp³-hybridized carbons (Fsp3) is 0.385. The number of likely N-dealkylation sites (N-methyl/N-ethyl adjacent to an activating group) is 1. The van der Waals surface area contributed by atoms with E-state index in [0.717, 1.165) is 4.90 Å². The molecule has 1 aromatic rings. The highest BCUT2D eigenvalue weighted by Gasteiger charge is 2.27. The van der Waals surface area contributed by atoms with Gasteiger partial charge in [-0.15, -0.1) is 0 Å². The van der Waals surface area contributed by atoms with E-state index in [1.165, 1.54) is 7.05 Å². The predicted octanol–water partition coefficient (Wildman–Crippen LogP) is 2.51. The van der Waals surface area contributed by atoms with Crippen LogP contribution in [-0.2, 0) is 11.2 Å². The third-order valence-electron chi connectivity index (χ3n) is 2.59. The molecule has 0 unspecified atom stereocenters. The molecule has 0 saturated heterocycles. The highest BCUT2D eigenvalue weighted by atomic mass is 19.4. The molecule has 0 fully saturated rings. The van der Waals surface area contributed by atoms with Gasteiger partial charge in [0, 0.05) is 13.6 Å². The van der Waals surface area contributed by atoms with Crippen molar-refractivity contribution in [2.75, 3.05) is 13.6 Å². The van der Waals surface area contributed by atoms with Crippen molar-refractivity contribution in [1.82, 2.24) is 4.90 Å². The number of hydrogen-bond acceptors (Lipinski definition) is 2. The second-order valence-corrected chi connectivity index (χ2v) is 4.17. The van der Waals surface area contributed by atoms with Crippen molar-refractivity contribution >= 4 is 5.91 Å². The van der Waals surface area contributed by atoms with E-state index < -0.39 is 12.6 Å². The summed E-state index contributed by atoms with van der Waals surface area (Å²) in [5.74, 6) is -0.381. The Balaban J connectivity index is 2.52. The second-order valence-electron chi connectivity index (χ2n) is 4.17. The van der Waals surface area contributed by atoms with Crippen molar-refractivity contribution in [3.63, 3.8) is 0 Å². The minimum atomic E-state index is -4.26. The van der Waals surface area contributed by atoms with Crippen molar-refractivity contribution in [2.24, 2.45) is 0 Å². The van der Waals surface area contributed by atoms with Crippen molar-refractivity contribution in [2.45, 2.75) is 19.0 Å². The highest BCUT2D eigenvalue weighted by molar-refractivity contribution is 5.78. The molecule has 1 amide bonds. The Hall–Kier alpha value is -2.03. The van der Waals surface area contributed by atoms with Gasteiger partial charge in [-0.1, -0.05) is 12.1 Å². The number of halogens is 3. The molecule has 0 radical (unpaired) electrons. The molecule has 3 nitrogen and oxygen atoms in total. The highest BCUT2D eigenvalue weighted by Crippen LogP contribution is 2.19. The van der Waals surface area contributed by atoms with Crippen LogP contribution >= 0.6 is 0 Å². The third-order valence-corrected chi connectivity index (χ3v) is 2.59. The molecule has 0 aromatic heterocycles. The normalized spacial score (nSPS) is 10.9. The molecule has 0 heterocycles. The second kappa shape index (κ2) is 6.23. The van der Waals surface area contributed by atoms with Crippen molar-refractivity contribution in [3.05, 3.63) is 35.4 Å². The molecule has 0 spiro atoms. The smallest absolute Gasteiger partial charge is 0.345 e. The molecule has 1 rings (SSSR count). The molecule has 102 valence electrons. The van der Waals surface area contributed by atoms with Gasteiger partial charge >= 0.3 is 6.18 Å². The molecule has 0 bridgehead atoms. The van der Waals surface area contributed by atoms with E-state index in [0.29, 0.717) is 11.1 Å². The lowest BCUT2D eigenvalue weighted by Gasteiger charge is -2.18. The van der Waals surface area contributed by atoms with Gasteiger partial charge in [0.15, 0.2) is 0 Å². The van der Waals surface area contributed by atoms with Gasteiger partial charge in [0.1, 0.15) is 0 Å². The molecule has 0 saturated carbocycles. The number of nitriles is 1. The molecular weight excluding hydrogens is 257 g/mol. The van der Waals surface area contributed by atoms with Gasteiger partial charge < -0.3 is 4.90 Å².